The molecular weight excluding hydrogens is 498 g/mol. The Labute approximate surface area is 238 Å². The van der Waals surface area contributed by atoms with Crippen LogP contribution in [0.3, 0.4) is 0 Å². The molecule has 4 rings (SSSR count). The van der Waals surface area contributed by atoms with E-state index in [2.05, 4.69) is 34.5 Å². The maximum absolute atomic E-state index is 13.8. The molecule has 1 fully saturated rings. The molecule has 2 N–H and O–H groups in total. The molecule has 0 spiro atoms. The molecule has 0 aliphatic carbocycles. The van der Waals surface area contributed by atoms with Gasteiger partial charge >= 0.3 is 5.97 Å². The Kier molecular flexibility index (Phi) is 9.88. The minimum absolute atomic E-state index is 0.0317. The van der Waals surface area contributed by atoms with Crippen LogP contribution in [0.25, 0.3) is 0 Å². The van der Waals surface area contributed by atoms with Crippen LogP contribution >= 0.6 is 0 Å². The lowest BCUT2D eigenvalue weighted by Crippen LogP contribution is -2.48. The van der Waals surface area contributed by atoms with Crippen molar-refractivity contribution in [3.8, 4) is 0 Å². The molecule has 6 heteroatoms. The summed E-state index contributed by atoms with van der Waals surface area (Å²) in [5, 5.41) is 13.4. The summed E-state index contributed by atoms with van der Waals surface area (Å²) >= 11 is 0. The summed E-state index contributed by atoms with van der Waals surface area (Å²) in [4.78, 5) is 33.4. The van der Waals surface area contributed by atoms with Gasteiger partial charge in [-0.1, -0.05) is 99.1 Å². The van der Waals surface area contributed by atoms with Crippen LogP contribution in [0.4, 0.5) is 5.69 Å². The fraction of sp³-hybridized carbons (Fsp3) is 0.382. The van der Waals surface area contributed by atoms with Crippen LogP contribution in [0, 0.1) is 5.92 Å². The van der Waals surface area contributed by atoms with Crippen LogP contribution in [-0.4, -0.2) is 52.3 Å². The molecule has 2 atom stereocenters. The van der Waals surface area contributed by atoms with Gasteiger partial charge in [0.2, 0.25) is 5.91 Å². The highest BCUT2D eigenvalue weighted by atomic mass is 16.4. The first-order valence-corrected chi connectivity index (χ1v) is 14.3. The first-order valence-electron chi connectivity index (χ1n) is 14.3. The topological polar surface area (TPSA) is 82.0 Å². The second-order valence-electron chi connectivity index (χ2n) is 11.3. The largest absolute Gasteiger partial charge is 0.479 e. The Hall–Kier alpha value is -3.77. The Morgan fingerprint density at radius 3 is 2.30 bits per heavy atom. The number of piperidine rings is 1. The van der Waals surface area contributed by atoms with Crippen LogP contribution in [0.2, 0.25) is 0 Å². The van der Waals surface area contributed by atoms with Crippen molar-refractivity contribution >= 4 is 23.3 Å². The highest BCUT2D eigenvalue weighted by Crippen LogP contribution is 2.28. The lowest BCUT2D eigenvalue weighted by molar-refractivity contribution is -0.143. The van der Waals surface area contributed by atoms with Crippen molar-refractivity contribution in [2.45, 2.75) is 64.5 Å². The fourth-order valence-electron chi connectivity index (χ4n) is 5.59. The van der Waals surface area contributed by atoms with Gasteiger partial charge in [0.25, 0.3) is 0 Å². The minimum atomic E-state index is -1.31. The van der Waals surface area contributed by atoms with Gasteiger partial charge in [0, 0.05) is 17.7 Å². The van der Waals surface area contributed by atoms with E-state index in [1.807, 2.05) is 74.5 Å². The molecule has 0 saturated carbocycles. The van der Waals surface area contributed by atoms with E-state index in [1.54, 1.807) is 6.92 Å². The molecule has 1 unspecified atom stereocenters. The van der Waals surface area contributed by atoms with E-state index < -0.39 is 11.5 Å². The molecule has 1 aliphatic rings. The Morgan fingerprint density at radius 1 is 0.975 bits per heavy atom. The normalized spacial score (nSPS) is 17.8. The monoisotopic (exact) mass is 539 g/mol. The second kappa shape index (κ2) is 13.5. The number of carboxylic acid groups (broad SMARTS) is 1. The van der Waals surface area contributed by atoms with Gasteiger partial charge in [0.1, 0.15) is 0 Å². The number of anilines is 1. The predicted octanol–water partition coefficient (Wildman–Crippen LogP) is 6.45. The molecule has 1 heterocycles. The number of rotatable bonds is 11. The zero-order valence-electron chi connectivity index (χ0n) is 23.8. The zero-order valence-corrected chi connectivity index (χ0v) is 23.8. The Morgan fingerprint density at radius 2 is 1.62 bits per heavy atom. The molecule has 6 nitrogen and oxygen atoms in total. The van der Waals surface area contributed by atoms with Gasteiger partial charge in [-0.2, -0.15) is 0 Å². The molecule has 3 aromatic rings. The number of carbonyl (C=O) groups excluding carboxylic acids is 1. The van der Waals surface area contributed by atoms with Crippen molar-refractivity contribution in [1.29, 1.82) is 0 Å². The van der Waals surface area contributed by atoms with E-state index >= 15 is 0 Å². The summed E-state index contributed by atoms with van der Waals surface area (Å²) < 4.78 is 0. The van der Waals surface area contributed by atoms with E-state index in [-0.39, 0.29) is 17.9 Å². The number of nitrogens with zero attached hydrogens (tertiary/aromatic N) is 2. The quantitative estimate of drug-likeness (QED) is 0.274. The molecule has 1 aliphatic heterocycles. The Balaban J connectivity index is 1.64. The first-order chi connectivity index (χ1) is 19.3. The standard InChI is InChI=1S/C34H41N3O3/c1-25(2)24-34(3,33(39)40)36-31(27-16-8-5-9-17-27)28-18-10-11-19-29(28)35-32(38)30-20-12-13-22-37(30)23-21-26-14-6-4-7-15-26/h4-11,14-19,25,30H,12-13,20-24H2,1-3H3,(H,35,38)(H,39,40)/t30?,34-/m0/s1. The smallest absolute Gasteiger partial charge is 0.331 e. The lowest BCUT2D eigenvalue weighted by Gasteiger charge is -2.35. The van der Waals surface area contributed by atoms with E-state index in [9.17, 15) is 14.7 Å². The summed E-state index contributed by atoms with van der Waals surface area (Å²) in [5.74, 6) is -0.854. The van der Waals surface area contributed by atoms with Crippen molar-refractivity contribution in [2.75, 3.05) is 18.4 Å². The van der Waals surface area contributed by atoms with Crippen LogP contribution < -0.4 is 5.32 Å². The van der Waals surface area contributed by atoms with Gasteiger partial charge in [-0.15, -0.1) is 0 Å². The third-order valence-electron chi connectivity index (χ3n) is 7.56. The third kappa shape index (κ3) is 7.45. The van der Waals surface area contributed by atoms with Crippen molar-refractivity contribution in [3.63, 3.8) is 0 Å². The number of aliphatic carboxylic acids is 1. The number of amides is 1. The van der Waals surface area contributed by atoms with Crippen molar-refractivity contribution in [2.24, 2.45) is 10.9 Å². The average Bonchev–Trinajstić information content (AvgIpc) is 2.96. The number of carboxylic acids is 1. The minimum Gasteiger partial charge on any atom is -0.479 e. The van der Waals surface area contributed by atoms with Crippen LogP contribution in [0.5, 0.6) is 0 Å². The molecular formula is C34H41N3O3. The second-order valence-corrected chi connectivity index (χ2v) is 11.3. The predicted molar refractivity (Wildman–Crippen MR) is 162 cm³/mol. The van der Waals surface area contributed by atoms with Gasteiger partial charge in [-0.25, -0.2) is 4.79 Å². The van der Waals surface area contributed by atoms with E-state index in [0.29, 0.717) is 23.4 Å². The number of likely N-dealkylation sites (tertiary alicyclic amines) is 1. The molecule has 1 saturated heterocycles. The van der Waals surface area contributed by atoms with Crippen LogP contribution in [0.15, 0.2) is 89.9 Å². The number of benzene rings is 3. The summed E-state index contributed by atoms with van der Waals surface area (Å²) in [6, 6.07) is 27.4. The summed E-state index contributed by atoms with van der Waals surface area (Å²) in [7, 11) is 0. The summed E-state index contributed by atoms with van der Waals surface area (Å²) in [6.45, 7) is 7.40. The van der Waals surface area contributed by atoms with E-state index in [4.69, 9.17) is 4.99 Å². The van der Waals surface area contributed by atoms with E-state index in [0.717, 1.165) is 44.3 Å². The molecule has 3 aromatic carbocycles. The highest BCUT2D eigenvalue weighted by Gasteiger charge is 2.35. The number of aliphatic imine (C=N–C) groups is 1. The van der Waals surface area contributed by atoms with Gasteiger partial charge in [-0.05, 0) is 56.7 Å². The summed E-state index contributed by atoms with van der Waals surface area (Å²) in [6.07, 6.45) is 4.21. The SMILES string of the molecule is CC(C)C[C@](C)(N=C(c1ccccc1)c1ccccc1NC(=O)C1CCCCN1CCc1ccccc1)C(=O)O. The van der Waals surface area contributed by atoms with Gasteiger partial charge < -0.3 is 10.4 Å². The van der Waals surface area contributed by atoms with Crippen molar-refractivity contribution in [1.82, 2.24) is 4.90 Å². The lowest BCUT2D eigenvalue weighted by atomic mass is 9.90. The zero-order chi connectivity index (χ0) is 28.5. The number of hydrogen-bond donors (Lipinski definition) is 2. The molecule has 1 amide bonds. The maximum Gasteiger partial charge on any atom is 0.331 e. The van der Waals surface area contributed by atoms with E-state index in [1.165, 1.54) is 5.56 Å². The van der Waals surface area contributed by atoms with Gasteiger partial charge in [-0.3, -0.25) is 14.7 Å². The van der Waals surface area contributed by atoms with Gasteiger partial charge in [0.15, 0.2) is 5.54 Å². The molecule has 210 valence electrons. The van der Waals surface area contributed by atoms with Crippen LogP contribution in [-0.2, 0) is 16.0 Å². The highest BCUT2D eigenvalue weighted by molar-refractivity contribution is 6.18. The number of para-hydroxylation sites is 1. The Bertz CT molecular complexity index is 1310. The number of hydrogen-bond acceptors (Lipinski definition) is 4. The maximum atomic E-state index is 13.8. The molecule has 0 radical (unpaired) electrons. The van der Waals surface area contributed by atoms with Crippen molar-refractivity contribution < 1.29 is 14.7 Å². The van der Waals surface area contributed by atoms with Crippen LogP contribution in [0.1, 0.15) is 63.1 Å². The first kappa shape index (κ1) is 29.2. The number of carbonyl (C=O) groups is 2. The average molecular weight is 540 g/mol. The molecule has 0 aromatic heterocycles. The molecule has 40 heavy (non-hydrogen) atoms. The number of nitrogens with one attached hydrogen (secondary N) is 1. The van der Waals surface area contributed by atoms with Gasteiger partial charge in [0.05, 0.1) is 17.4 Å². The fourth-order valence-corrected chi connectivity index (χ4v) is 5.59. The van der Waals surface area contributed by atoms with Crippen molar-refractivity contribution in [3.05, 3.63) is 102 Å². The third-order valence-corrected chi connectivity index (χ3v) is 7.56. The summed E-state index contributed by atoms with van der Waals surface area (Å²) in [5.41, 5.74) is 2.68. The molecule has 0 bridgehead atoms.